The van der Waals surface area contributed by atoms with Crippen LogP contribution in [-0.2, 0) is 6.54 Å². The molecule has 2 nitrogen and oxygen atoms in total. The molecule has 1 fully saturated rings. The Balaban J connectivity index is 1.67. The summed E-state index contributed by atoms with van der Waals surface area (Å²) in [5, 5.41) is 5.97. The fourth-order valence-electron chi connectivity index (χ4n) is 2.59. The minimum Gasteiger partial charge on any atom is -0.460 e. The van der Waals surface area contributed by atoms with Gasteiger partial charge in [-0.25, -0.2) is 0 Å². The molecule has 1 N–H and O–H groups in total. The highest BCUT2D eigenvalue weighted by Crippen LogP contribution is 2.30. The van der Waals surface area contributed by atoms with E-state index in [9.17, 15) is 0 Å². The first-order valence-electron chi connectivity index (χ1n) is 7.20. The first-order valence-corrected chi connectivity index (χ1v) is 7.20. The van der Waals surface area contributed by atoms with Crippen LogP contribution in [0, 0.1) is 0 Å². The van der Waals surface area contributed by atoms with E-state index in [1.807, 2.05) is 0 Å². The minimum atomic E-state index is 0.709. The van der Waals surface area contributed by atoms with Crippen LogP contribution >= 0.6 is 0 Å². The van der Waals surface area contributed by atoms with Crippen molar-refractivity contribution >= 4 is 10.8 Å². The average Bonchev–Trinajstić information content (AvgIpc) is 3.21. The number of rotatable bonds is 4. The van der Waals surface area contributed by atoms with Gasteiger partial charge in [-0.05, 0) is 35.7 Å². The van der Waals surface area contributed by atoms with Gasteiger partial charge in [-0.15, -0.1) is 0 Å². The predicted octanol–water partition coefficient (Wildman–Crippen LogP) is 4.35. The van der Waals surface area contributed by atoms with Crippen LogP contribution in [-0.4, -0.2) is 6.04 Å². The molecule has 0 aliphatic heterocycles. The number of nitrogens with one attached hydrogen (secondary N) is 1. The average molecular weight is 263 g/mol. The molecule has 0 spiro atoms. The molecule has 1 aromatic heterocycles. The number of hydrogen-bond donors (Lipinski definition) is 1. The van der Waals surface area contributed by atoms with Crippen LogP contribution < -0.4 is 5.32 Å². The standard InChI is InChI=1S/C18H17NO/c1-2-6-16-13(4-1)5-3-7-17(16)18-11-10-15(20-18)12-19-14-8-9-14/h1-7,10-11,14,19H,8-9,12H2. The van der Waals surface area contributed by atoms with Gasteiger partial charge in [-0.2, -0.15) is 0 Å². The summed E-state index contributed by atoms with van der Waals surface area (Å²) >= 11 is 0. The third-order valence-electron chi connectivity index (χ3n) is 3.86. The Kier molecular flexibility index (Phi) is 2.82. The summed E-state index contributed by atoms with van der Waals surface area (Å²) in [6, 6.07) is 19.6. The minimum absolute atomic E-state index is 0.709. The van der Waals surface area contributed by atoms with E-state index in [1.165, 1.54) is 29.2 Å². The summed E-state index contributed by atoms with van der Waals surface area (Å²) in [4.78, 5) is 0. The van der Waals surface area contributed by atoms with Gasteiger partial charge in [0, 0.05) is 11.6 Å². The summed E-state index contributed by atoms with van der Waals surface area (Å²) < 4.78 is 5.99. The highest BCUT2D eigenvalue weighted by atomic mass is 16.3. The second kappa shape index (κ2) is 4.80. The lowest BCUT2D eigenvalue weighted by Crippen LogP contribution is -2.14. The van der Waals surface area contributed by atoms with E-state index < -0.39 is 0 Å². The van der Waals surface area contributed by atoms with E-state index in [4.69, 9.17) is 4.42 Å². The monoisotopic (exact) mass is 263 g/mol. The van der Waals surface area contributed by atoms with Gasteiger partial charge in [0.05, 0.1) is 6.54 Å². The molecule has 0 saturated heterocycles. The number of benzene rings is 2. The van der Waals surface area contributed by atoms with Crippen LogP contribution in [0.4, 0.5) is 0 Å². The Hall–Kier alpha value is -2.06. The van der Waals surface area contributed by atoms with Crippen molar-refractivity contribution in [2.45, 2.75) is 25.4 Å². The number of furan rings is 1. The van der Waals surface area contributed by atoms with E-state index in [0.29, 0.717) is 6.04 Å². The zero-order valence-corrected chi connectivity index (χ0v) is 11.3. The van der Waals surface area contributed by atoms with Gasteiger partial charge in [0.25, 0.3) is 0 Å². The Morgan fingerprint density at radius 1 is 0.950 bits per heavy atom. The number of hydrogen-bond acceptors (Lipinski definition) is 2. The smallest absolute Gasteiger partial charge is 0.134 e. The molecule has 100 valence electrons. The fourth-order valence-corrected chi connectivity index (χ4v) is 2.59. The van der Waals surface area contributed by atoms with Crippen molar-refractivity contribution in [3.8, 4) is 11.3 Å². The van der Waals surface area contributed by atoms with Crippen molar-refractivity contribution in [3.05, 3.63) is 60.4 Å². The lowest BCUT2D eigenvalue weighted by Gasteiger charge is -2.04. The van der Waals surface area contributed by atoms with Gasteiger partial charge in [0.15, 0.2) is 0 Å². The maximum atomic E-state index is 5.99. The molecule has 1 aliphatic carbocycles. The molecule has 0 bridgehead atoms. The first-order chi connectivity index (χ1) is 9.90. The van der Waals surface area contributed by atoms with Crippen molar-refractivity contribution in [1.29, 1.82) is 0 Å². The van der Waals surface area contributed by atoms with Gasteiger partial charge >= 0.3 is 0 Å². The molecule has 0 radical (unpaired) electrons. The molecule has 1 saturated carbocycles. The predicted molar refractivity (Wildman–Crippen MR) is 81.5 cm³/mol. The lowest BCUT2D eigenvalue weighted by molar-refractivity contribution is 0.493. The Morgan fingerprint density at radius 3 is 2.70 bits per heavy atom. The normalized spacial score (nSPS) is 14.8. The van der Waals surface area contributed by atoms with Crippen LogP contribution in [0.3, 0.4) is 0 Å². The van der Waals surface area contributed by atoms with Crippen LogP contribution in [0.1, 0.15) is 18.6 Å². The van der Waals surface area contributed by atoms with Crippen LogP contribution in [0.2, 0.25) is 0 Å². The Morgan fingerprint density at radius 2 is 1.80 bits per heavy atom. The molecule has 0 unspecified atom stereocenters. The van der Waals surface area contributed by atoms with E-state index in [0.717, 1.165) is 18.1 Å². The summed E-state index contributed by atoms with van der Waals surface area (Å²) in [5.74, 6) is 1.97. The molecule has 1 heterocycles. The van der Waals surface area contributed by atoms with E-state index >= 15 is 0 Å². The molecule has 2 heteroatoms. The van der Waals surface area contributed by atoms with Crippen molar-refractivity contribution in [2.24, 2.45) is 0 Å². The van der Waals surface area contributed by atoms with Gasteiger partial charge in [0.2, 0.25) is 0 Å². The quantitative estimate of drug-likeness (QED) is 0.757. The van der Waals surface area contributed by atoms with Crippen molar-refractivity contribution in [1.82, 2.24) is 5.32 Å². The molecule has 3 aromatic rings. The second-order valence-electron chi connectivity index (χ2n) is 5.45. The lowest BCUT2D eigenvalue weighted by atomic mass is 10.0. The van der Waals surface area contributed by atoms with E-state index in [1.54, 1.807) is 0 Å². The maximum absolute atomic E-state index is 5.99. The molecular weight excluding hydrogens is 246 g/mol. The van der Waals surface area contributed by atoms with Gasteiger partial charge in [-0.1, -0.05) is 42.5 Å². The van der Waals surface area contributed by atoms with Gasteiger partial charge < -0.3 is 9.73 Å². The SMILES string of the molecule is c1ccc2c(-c3ccc(CNC4CC4)o3)cccc2c1. The van der Waals surface area contributed by atoms with Crippen LogP contribution in [0.15, 0.2) is 59.0 Å². The van der Waals surface area contributed by atoms with Gasteiger partial charge in [-0.3, -0.25) is 0 Å². The molecular formula is C18H17NO. The van der Waals surface area contributed by atoms with Crippen LogP contribution in [0.5, 0.6) is 0 Å². The second-order valence-corrected chi connectivity index (χ2v) is 5.45. The molecule has 0 atom stereocenters. The van der Waals surface area contributed by atoms with Crippen LogP contribution in [0.25, 0.3) is 22.1 Å². The summed E-state index contributed by atoms with van der Waals surface area (Å²) in [6.07, 6.45) is 2.60. The van der Waals surface area contributed by atoms with E-state index in [-0.39, 0.29) is 0 Å². The zero-order chi connectivity index (χ0) is 13.4. The summed E-state index contributed by atoms with van der Waals surface area (Å²) in [6.45, 7) is 0.829. The molecule has 2 aromatic carbocycles. The Bertz CT molecular complexity index is 735. The van der Waals surface area contributed by atoms with Crippen molar-refractivity contribution in [3.63, 3.8) is 0 Å². The topological polar surface area (TPSA) is 25.2 Å². The van der Waals surface area contributed by atoms with Crippen molar-refractivity contribution < 1.29 is 4.42 Å². The third kappa shape index (κ3) is 2.23. The molecule has 1 aliphatic rings. The maximum Gasteiger partial charge on any atom is 0.134 e. The highest BCUT2D eigenvalue weighted by Gasteiger charge is 2.20. The summed E-state index contributed by atoms with van der Waals surface area (Å²) in [5.41, 5.74) is 1.17. The molecule has 0 amide bonds. The summed E-state index contributed by atoms with van der Waals surface area (Å²) in [7, 11) is 0. The molecule has 4 rings (SSSR count). The highest BCUT2D eigenvalue weighted by molar-refractivity contribution is 5.95. The molecule has 20 heavy (non-hydrogen) atoms. The van der Waals surface area contributed by atoms with E-state index in [2.05, 4.69) is 59.9 Å². The zero-order valence-electron chi connectivity index (χ0n) is 11.3. The largest absolute Gasteiger partial charge is 0.460 e. The van der Waals surface area contributed by atoms with Gasteiger partial charge in [0.1, 0.15) is 11.5 Å². The fraction of sp³-hybridized carbons (Fsp3) is 0.222. The Labute approximate surface area is 118 Å². The third-order valence-corrected chi connectivity index (χ3v) is 3.86. The first kappa shape index (κ1) is 11.7. The van der Waals surface area contributed by atoms with Crippen molar-refractivity contribution in [2.75, 3.05) is 0 Å². The number of fused-ring (bicyclic) bond motifs is 1.